The molecule has 4 rings (SSSR count). The van der Waals surface area contributed by atoms with Crippen LogP contribution in [0.1, 0.15) is 0 Å². The van der Waals surface area contributed by atoms with Gasteiger partial charge >= 0.3 is 5.69 Å². The molecule has 0 amide bonds. The number of hydrogen-bond acceptors (Lipinski definition) is 7. The van der Waals surface area contributed by atoms with Gasteiger partial charge in [-0.05, 0) is 16.4 Å². The Morgan fingerprint density at radius 3 is 2.63 bits per heavy atom. The summed E-state index contributed by atoms with van der Waals surface area (Å²) in [7, 11) is 0. The first-order chi connectivity index (χ1) is 9.19. The van der Waals surface area contributed by atoms with Crippen molar-refractivity contribution in [2.45, 2.75) is 0 Å². The van der Waals surface area contributed by atoms with Crippen molar-refractivity contribution in [3.63, 3.8) is 0 Å². The van der Waals surface area contributed by atoms with E-state index in [9.17, 15) is 10.1 Å². The average molecular weight is 262 g/mol. The van der Waals surface area contributed by atoms with Gasteiger partial charge in [0, 0.05) is 19.2 Å². The lowest BCUT2D eigenvalue weighted by molar-refractivity contribution is -0.383. The van der Waals surface area contributed by atoms with Crippen LogP contribution in [-0.2, 0) is 4.74 Å². The van der Waals surface area contributed by atoms with Crippen molar-refractivity contribution >= 4 is 22.4 Å². The van der Waals surface area contributed by atoms with E-state index in [4.69, 9.17) is 4.74 Å². The molecule has 0 radical (unpaired) electrons. The minimum absolute atomic E-state index is 0.0813. The van der Waals surface area contributed by atoms with Gasteiger partial charge in [-0.15, -0.1) is 0 Å². The highest BCUT2D eigenvalue weighted by molar-refractivity contribution is 5.94. The molecular weight excluding hydrogens is 252 g/mol. The van der Waals surface area contributed by atoms with Crippen LogP contribution in [-0.4, -0.2) is 41.5 Å². The maximum atomic E-state index is 10.9. The molecule has 8 nitrogen and oxygen atoms in total. The Morgan fingerprint density at radius 1 is 1.26 bits per heavy atom. The quantitative estimate of drug-likeness (QED) is 0.587. The van der Waals surface area contributed by atoms with Crippen molar-refractivity contribution in [1.82, 2.24) is 10.3 Å². The van der Waals surface area contributed by atoms with E-state index in [1.807, 2.05) is 0 Å². The summed E-state index contributed by atoms with van der Waals surface area (Å²) in [6.45, 7) is 3.34. The van der Waals surface area contributed by atoms with Crippen LogP contribution in [0.15, 0.2) is 16.8 Å². The number of non-ortho nitro benzene ring substituents is 1. The molecule has 0 N–H and O–H groups in total. The Balaban J connectivity index is 1.73. The highest BCUT2D eigenvalue weighted by Gasteiger charge is 2.49. The Bertz CT molecular complexity index is 670. The SMILES string of the molecule is O=[N+]([O-])c1ccc(N2CC3(COC3)C2)c2nonc12. The van der Waals surface area contributed by atoms with Crippen LogP contribution in [0, 0.1) is 15.5 Å². The molecule has 19 heavy (non-hydrogen) atoms. The minimum Gasteiger partial charge on any atom is -0.380 e. The van der Waals surface area contributed by atoms with Crippen LogP contribution in [0.25, 0.3) is 11.0 Å². The zero-order valence-corrected chi connectivity index (χ0v) is 9.90. The van der Waals surface area contributed by atoms with Crippen LogP contribution in [0.4, 0.5) is 11.4 Å². The van der Waals surface area contributed by atoms with E-state index in [0.29, 0.717) is 5.52 Å². The maximum absolute atomic E-state index is 10.9. The molecule has 1 aromatic heterocycles. The molecular formula is C11H10N4O4. The summed E-state index contributed by atoms with van der Waals surface area (Å²) in [5, 5.41) is 18.3. The third kappa shape index (κ3) is 1.37. The Kier molecular flexibility index (Phi) is 1.92. The first kappa shape index (κ1) is 10.7. The Labute approximate surface area is 107 Å². The van der Waals surface area contributed by atoms with Crippen molar-refractivity contribution in [2.75, 3.05) is 31.2 Å². The van der Waals surface area contributed by atoms with E-state index in [-0.39, 0.29) is 16.6 Å². The second kappa shape index (κ2) is 3.41. The number of benzene rings is 1. The predicted octanol–water partition coefficient (Wildman–Crippen LogP) is 0.968. The summed E-state index contributed by atoms with van der Waals surface area (Å²) in [6.07, 6.45) is 0. The van der Waals surface area contributed by atoms with Gasteiger partial charge in [0.15, 0.2) is 5.52 Å². The van der Waals surface area contributed by atoms with Gasteiger partial charge in [0.2, 0.25) is 5.52 Å². The molecule has 0 aliphatic carbocycles. The largest absolute Gasteiger partial charge is 0.380 e. The van der Waals surface area contributed by atoms with Gasteiger partial charge in [-0.1, -0.05) is 0 Å². The van der Waals surface area contributed by atoms with Crippen LogP contribution in [0.3, 0.4) is 0 Å². The van der Waals surface area contributed by atoms with E-state index in [2.05, 4.69) is 19.8 Å². The lowest BCUT2D eigenvalue weighted by Gasteiger charge is -2.55. The number of nitrogens with zero attached hydrogens (tertiary/aromatic N) is 4. The van der Waals surface area contributed by atoms with Gasteiger partial charge in [0.05, 0.1) is 29.2 Å². The van der Waals surface area contributed by atoms with E-state index in [1.54, 1.807) is 6.07 Å². The van der Waals surface area contributed by atoms with Gasteiger partial charge in [0.25, 0.3) is 0 Å². The second-order valence-electron chi connectivity index (χ2n) is 5.17. The van der Waals surface area contributed by atoms with Crippen LogP contribution in [0.2, 0.25) is 0 Å². The van der Waals surface area contributed by atoms with E-state index < -0.39 is 4.92 Å². The van der Waals surface area contributed by atoms with Crippen LogP contribution >= 0.6 is 0 Å². The van der Waals surface area contributed by atoms with Crippen LogP contribution < -0.4 is 4.90 Å². The molecule has 0 atom stereocenters. The monoisotopic (exact) mass is 262 g/mol. The molecule has 0 saturated carbocycles. The second-order valence-corrected chi connectivity index (χ2v) is 5.17. The molecule has 98 valence electrons. The number of anilines is 1. The third-order valence-electron chi connectivity index (χ3n) is 3.78. The first-order valence-corrected chi connectivity index (χ1v) is 5.91. The van der Waals surface area contributed by atoms with Gasteiger partial charge in [-0.3, -0.25) is 10.1 Å². The summed E-state index contributed by atoms with van der Waals surface area (Å²) >= 11 is 0. The fourth-order valence-corrected chi connectivity index (χ4v) is 2.75. The molecule has 0 unspecified atom stereocenters. The smallest absolute Gasteiger partial charge is 0.300 e. The van der Waals surface area contributed by atoms with Gasteiger partial charge in [-0.2, -0.15) is 0 Å². The molecule has 1 spiro atoms. The third-order valence-corrected chi connectivity index (χ3v) is 3.78. The molecule has 2 saturated heterocycles. The number of nitro groups is 1. The summed E-state index contributed by atoms with van der Waals surface area (Å²) < 4.78 is 9.88. The molecule has 2 aromatic rings. The summed E-state index contributed by atoms with van der Waals surface area (Å²) in [5.74, 6) is 0. The zero-order valence-electron chi connectivity index (χ0n) is 9.90. The molecule has 0 bridgehead atoms. The average Bonchev–Trinajstić information content (AvgIpc) is 2.73. The van der Waals surface area contributed by atoms with Crippen molar-refractivity contribution < 1.29 is 14.3 Å². The van der Waals surface area contributed by atoms with Crippen molar-refractivity contribution in [2.24, 2.45) is 5.41 Å². The molecule has 2 aliphatic heterocycles. The lowest BCUT2D eigenvalue weighted by atomic mass is 9.77. The topological polar surface area (TPSA) is 94.5 Å². The summed E-state index contributed by atoms with van der Waals surface area (Å²) in [6, 6.07) is 3.15. The number of ether oxygens (including phenoxy) is 1. The van der Waals surface area contributed by atoms with Crippen molar-refractivity contribution in [1.29, 1.82) is 0 Å². The Morgan fingerprint density at radius 2 is 2.00 bits per heavy atom. The van der Waals surface area contributed by atoms with E-state index in [1.165, 1.54) is 6.07 Å². The van der Waals surface area contributed by atoms with Gasteiger partial charge < -0.3 is 9.64 Å². The normalized spacial score (nSPS) is 20.3. The van der Waals surface area contributed by atoms with Gasteiger partial charge in [-0.25, -0.2) is 4.63 Å². The molecule has 2 aliphatic rings. The molecule has 8 heteroatoms. The van der Waals surface area contributed by atoms with Crippen molar-refractivity contribution in [3.05, 3.63) is 22.2 Å². The number of fused-ring (bicyclic) bond motifs is 1. The fourth-order valence-electron chi connectivity index (χ4n) is 2.75. The molecule has 1 aromatic carbocycles. The summed E-state index contributed by atoms with van der Waals surface area (Å²) in [5.41, 5.74) is 1.67. The standard InChI is InChI=1S/C11H10N4O4/c16-15(17)8-2-1-7(9-10(8)13-19-12-9)14-3-11(4-14)5-18-6-11/h1-2H,3-6H2. The first-order valence-electron chi connectivity index (χ1n) is 5.91. The molecule has 2 fully saturated rings. The number of nitro benzene ring substituents is 1. The van der Waals surface area contributed by atoms with E-state index in [0.717, 1.165) is 32.0 Å². The fraction of sp³-hybridized carbons (Fsp3) is 0.455. The maximum Gasteiger partial charge on any atom is 0.300 e. The minimum atomic E-state index is -0.478. The highest BCUT2D eigenvalue weighted by Crippen LogP contribution is 2.42. The van der Waals surface area contributed by atoms with Crippen LogP contribution in [0.5, 0.6) is 0 Å². The lowest BCUT2D eigenvalue weighted by Crippen LogP contribution is -2.66. The predicted molar refractivity (Wildman–Crippen MR) is 63.9 cm³/mol. The Hall–Kier alpha value is -2.22. The van der Waals surface area contributed by atoms with E-state index >= 15 is 0 Å². The highest BCUT2D eigenvalue weighted by atomic mass is 16.6. The number of aromatic nitrogens is 2. The van der Waals surface area contributed by atoms with Crippen molar-refractivity contribution in [3.8, 4) is 0 Å². The summed E-state index contributed by atoms with van der Waals surface area (Å²) in [4.78, 5) is 12.5. The number of rotatable bonds is 2. The van der Waals surface area contributed by atoms with Gasteiger partial charge in [0.1, 0.15) is 0 Å². The zero-order chi connectivity index (χ0) is 13.0. The molecule has 3 heterocycles. The number of hydrogen-bond donors (Lipinski definition) is 0.